The molecule has 1 aromatic rings. The molecule has 0 heterocycles. The third-order valence-electron chi connectivity index (χ3n) is 2.90. The van der Waals surface area contributed by atoms with Crippen LogP contribution in [0.25, 0.3) is 0 Å². The van der Waals surface area contributed by atoms with Crippen molar-refractivity contribution < 1.29 is 4.43 Å². The summed E-state index contributed by atoms with van der Waals surface area (Å²) in [5, 5.41) is 0. The molecule has 0 saturated carbocycles. The highest BCUT2D eigenvalue weighted by Gasteiger charge is 2.33. The van der Waals surface area contributed by atoms with E-state index < -0.39 is 8.32 Å². The van der Waals surface area contributed by atoms with E-state index in [-0.39, 0.29) is 0 Å². The van der Waals surface area contributed by atoms with Crippen LogP contribution in [0.1, 0.15) is 24.2 Å². The summed E-state index contributed by atoms with van der Waals surface area (Å²) in [5.74, 6) is 0.633. The predicted octanol–water partition coefficient (Wildman–Crippen LogP) is 3.77. The molecule has 0 aliphatic heterocycles. The molecule has 0 bridgehead atoms. The molecule has 1 aromatic carbocycles. The van der Waals surface area contributed by atoms with Crippen LogP contribution in [-0.4, -0.2) is 8.32 Å². The molecule has 2 heteroatoms. The zero-order valence-electron chi connectivity index (χ0n) is 10.1. The monoisotopic (exact) mass is 220 g/mol. The van der Waals surface area contributed by atoms with E-state index in [1.54, 1.807) is 0 Å². The van der Waals surface area contributed by atoms with E-state index in [0.717, 1.165) is 0 Å². The maximum absolute atomic E-state index is 6.28. The lowest BCUT2D eigenvalue weighted by Crippen LogP contribution is -2.29. The van der Waals surface area contributed by atoms with E-state index in [9.17, 15) is 0 Å². The molecule has 15 heavy (non-hydrogen) atoms. The minimum atomic E-state index is -1.43. The van der Waals surface area contributed by atoms with Crippen LogP contribution < -0.4 is 0 Å². The zero-order chi connectivity index (χ0) is 11.1. The molecule has 0 aromatic heterocycles. The number of benzene rings is 1. The second-order valence-electron chi connectivity index (χ2n) is 5.53. The molecule has 0 N–H and O–H groups in total. The molecule has 0 fully saturated rings. The minimum Gasteiger partial charge on any atom is -0.410 e. The molecule has 0 radical (unpaired) electrons. The summed E-state index contributed by atoms with van der Waals surface area (Å²) < 4.78 is 6.28. The van der Waals surface area contributed by atoms with Gasteiger partial charge in [-0.3, -0.25) is 0 Å². The van der Waals surface area contributed by atoms with Gasteiger partial charge in [0.05, 0.1) is 6.10 Å². The highest BCUT2D eigenvalue weighted by molar-refractivity contribution is 6.69. The largest absolute Gasteiger partial charge is 0.410 e. The number of hydrogen-bond acceptors (Lipinski definition) is 1. The van der Waals surface area contributed by atoms with Crippen LogP contribution in [0.2, 0.25) is 19.6 Å². The summed E-state index contributed by atoms with van der Waals surface area (Å²) in [7, 11) is -1.43. The molecular weight excluding hydrogens is 200 g/mol. The summed E-state index contributed by atoms with van der Waals surface area (Å²) in [6, 6.07) is 8.71. The maximum Gasteiger partial charge on any atom is 0.184 e. The highest BCUT2D eigenvalue weighted by atomic mass is 28.4. The first-order valence-corrected chi connectivity index (χ1v) is 9.14. The van der Waals surface area contributed by atoms with Crippen LogP contribution in [-0.2, 0) is 10.8 Å². The Hall–Kier alpha value is -0.603. The van der Waals surface area contributed by atoms with Gasteiger partial charge in [0.15, 0.2) is 8.32 Å². The Morgan fingerprint density at radius 2 is 1.87 bits per heavy atom. The van der Waals surface area contributed by atoms with Gasteiger partial charge >= 0.3 is 0 Å². The van der Waals surface area contributed by atoms with E-state index in [4.69, 9.17) is 4.43 Å². The van der Waals surface area contributed by atoms with Crippen LogP contribution in [0.3, 0.4) is 0 Å². The summed E-state index contributed by atoms with van der Waals surface area (Å²) in [6.07, 6.45) is 1.51. The molecule has 0 saturated heterocycles. The van der Waals surface area contributed by atoms with Crippen LogP contribution in [0.5, 0.6) is 0 Å². The van der Waals surface area contributed by atoms with Crippen molar-refractivity contribution in [2.45, 2.75) is 39.1 Å². The fraction of sp³-hybridized carbons (Fsp3) is 0.538. The quantitative estimate of drug-likeness (QED) is 0.689. The summed E-state index contributed by atoms with van der Waals surface area (Å²) in [4.78, 5) is 0. The normalized spacial score (nSPS) is 25.3. The molecule has 1 aliphatic carbocycles. The van der Waals surface area contributed by atoms with Gasteiger partial charge in [-0.15, -0.1) is 0 Å². The Balaban J connectivity index is 2.26. The number of hydrogen-bond donors (Lipinski definition) is 0. The molecule has 1 nitrogen and oxygen atoms in total. The van der Waals surface area contributed by atoms with E-state index in [0.29, 0.717) is 12.0 Å². The first-order chi connectivity index (χ1) is 6.97. The van der Waals surface area contributed by atoms with Crippen LogP contribution >= 0.6 is 0 Å². The molecule has 82 valence electrons. The van der Waals surface area contributed by atoms with Crippen LogP contribution in [0, 0.1) is 5.92 Å². The summed E-state index contributed by atoms with van der Waals surface area (Å²) in [6.45, 7) is 9.09. The third kappa shape index (κ3) is 2.32. The Kier molecular flexibility index (Phi) is 2.73. The first kappa shape index (κ1) is 10.9. The van der Waals surface area contributed by atoms with Gasteiger partial charge in [0, 0.05) is 0 Å². The van der Waals surface area contributed by atoms with Gasteiger partial charge in [-0.05, 0) is 43.1 Å². The van der Waals surface area contributed by atoms with Crippen molar-refractivity contribution in [2.75, 3.05) is 0 Å². The van der Waals surface area contributed by atoms with E-state index in [1.165, 1.54) is 17.5 Å². The zero-order valence-corrected chi connectivity index (χ0v) is 11.1. The SMILES string of the molecule is C[C@@H]1Cc2ccccc2[C@@H]1O[Si](C)(C)C. The summed E-state index contributed by atoms with van der Waals surface area (Å²) >= 11 is 0. The van der Waals surface area contributed by atoms with Gasteiger partial charge in [-0.25, -0.2) is 0 Å². The molecule has 2 rings (SSSR count). The summed E-state index contributed by atoms with van der Waals surface area (Å²) in [5.41, 5.74) is 2.90. The predicted molar refractivity (Wildman–Crippen MR) is 66.5 cm³/mol. The first-order valence-electron chi connectivity index (χ1n) is 5.73. The van der Waals surface area contributed by atoms with Crippen molar-refractivity contribution >= 4 is 8.32 Å². The lowest BCUT2D eigenvalue weighted by molar-refractivity contribution is 0.152. The topological polar surface area (TPSA) is 9.23 Å². The van der Waals surface area contributed by atoms with Crippen molar-refractivity contribution in [1.29, 1.82) is 0 Å². The number of fused-ring (bicyclic) bond motifs is 1. The lowest BCUT2D eigenvalue weighted by Gasteiger charge is -2.26. The second kappa shape index (κ2) is 3.76. The average molecular weight is 220 g/mol. The van der Waals surface area contributed by atoms with Crippen molar-refractivity contribution in [3.63, 3.8) is 0 Å². The molecular formula is C13H20OSi. The average Bonchev–Trinajstić information content (AvgIpc) is 2.41. The van der Waals surface area contributed by atoms with Gasteiger partial charge in [0.1, 0.15) is 0 Å². The Bertz CT molecular complexity index is 354. The van der Waals surface area contributed by atoms with Gasteiger partial charge in [-0.1, -0.05) is 31.2 Å². The van der Waals surface area contributed by atoms with Gasteiger partial charge in [-0.2, -0.15) is 0 Å². The van der Waals surface area contributed by atoms with Gasteiger partial charge in [0.2, 0.25) is 0 Å². The highest BCUT2D eigenvalue weighted by Crippen LogP contribution is 2.39. The third-order valence-corrected chi connectivity index (χ3v) is 3.86. The Labute approximate surface area is 93.6 Å². The maximum atomic E-state index is 6.28. The Morgan fingerprint density at radius 3 is 2.53 bits per heavy atom. The van der Waals surface area contributed by atoms with E-state index >= 15 is 0 Å². The number of rotatable bonds is 2. The molecule has 2 atom stereocenters. The minimum absolute atomic E-state index is 0.341. The lowest BCUT2D eigenvalue weighted by atomic mass is 10.1. The fourth-order valence-corrected chi connectivity index (χ4v) is 3.44. The standard InChI is InChI=1S/C13H20OSi/c1-10-9-11-7-5-6-8-12(11)13(10)14-15(2,3)4/h5-8,10,13H,9H2,1-4H3/t10-,13-/m1/s1. The van der Waals surface area contributed by atoms with E-state index in [1.807, 2.05) is 0 Å². The van der Waals surface area contributed by atoms with E-state index in [2.05, 4.69) is 50.8 Å². The second-order valence-corrected chi connectivity index (χ2v) is 9.99. The molecule has 1 aliphatic rings. The van der Waals surface area contributed by atoms with Gasteiger partial charge < -0.3 is 4.43 Å². The fourth-order valence-electron chi connectivity index (χ4n) is 2.32. The molecule has 0 unspecified atom stereocenters. The van der Waals surface area contributed by atoms with Crippen LogP contribution in [0.4, 0.5) is 0 Å². The van der Waals surface area contributed by atoms with Crippen molar-refractivity contribution in [3.8, 4) is 0 Å². The molecule has 0 amide bonds. The van der Waals surface area contributed by atoms with Gasteiger partial charge in [0.25, 0.3) is 0 Å². The van der Waals surface area contributed by atoms with Crippen molar-refractivity contribution in [2.24, 2.45) is 5.92 Å². The smallest absolute Gasteiger partial charge is 0.184 e. The Morgan fingerprint density at radius 1 is 1.20 bits per heavy atom. The van der Waals surface area contributed by atoms with Crippen molar-refractivity contribution in [1.82, 2.24) is 0 Å². The molecule has 0 spiro atoms. The van der Waals surface area contributed by atoms with Crippen LogP contribution in [0.15, 0.2) is 24.3 Å². The van der Waals surface area contributed by atoms with Crippen molar-refractivity contribution in [3.05, 3.63) is 35.4 Å².